The van der Waals surface area contributed by atoms with E-state index in [1.165, 1.54) is 70.6 Å². The second-order valence-electron chi connectivity index (χ2n) is 14.9. The fourth-order valence-electron chi connectivity index (χ4n) is 5.77. The number of aliphatic carboxylic acids is 1. The Hall–Kier alpha value is -2.71. The second-order valence-corrected chi connectivity index (χ2v) is 14.9. The molecule has 0 heterocycles. The predicted octanol–water partition coefficient (Wildman–Crippen LogP) is 10.9. The number of ether oxygens (including phenoxy) is 3. The average Bonchev–Trinajstić information content (AvgIpc) is 3.09. The molecule has 8 nitrogen and oxygen atoms in total. The van der Waals surface area contributed by atoms with Crippen LogP contribution in [0.15, 0.2) is 48.6 Å². The van der Waals surface area contributed by atoms with Crippen LogP contribution >= 0.6 is 0 Å². The van der Waals surface area contributed by atoms with Gasteiger partial charge in [-0.15, -0.1) is 0 Å². The second kappa shape index (κ2) is 35.3. The highest BCUT2D eigenvalue weighted by Crippen LogP contribution is 2.14. The van der Waals surface area contributed by atoms with Gasteiger partial charge in [0.1, 0.15) is 6.61 Å². The Labute approximate surface area is 318 Å². The van der Waals surface area contributed by atoms with Gasteiger partial charge < -0.3 is 23.8 Å². The summed E-state index contributed by atoms with van der Waals surface area (Å²) in [6.45, 7) is 4.51. The first-order valence-electron chi connectivity index (χ1n) is 20.7. The van der Waals surface area contributed by atoms with Crippen LogP contribution in [0.3, 0.4) is 0 Å². The van der Waals surface area contributed by atoms with E-state index in [2.05, 4.69) is 56.4 Å². The van der Waals surface area contributed by atoms with Gasteiger partial charge in [-0.1, -0.05) is 133 Å². The fraction of sp³-hybridized carbons (Fsp3) is 0.750. The van der Waals surface area contributed by atoms with Gasteiger partial charge in [0.2, 0.25) is 0 Å². The zero-order valence-electron chi connectivity index (χ0n) is 34.0. The number of carboxylic acid groups (broad SMARTS) is 1. The molecule has 2 unspecified atom stereocenters. The Bertz CT molecular complexity index is 995. The number of allylic oxidation sites excluding steroid dienone is 8. The van der Waals surface area contributed by atoms with Crippen molar-refractivity contribution in [3.05, 3.63) is 48.6 Å². The van der Waals surface area contributed by atoms with Crippen LogP contribution in [-0.4, -0.2) is 80.6 Å². The molecule has 52 heavy (non-hydrogen) atoms. The van der Waals surface area contributed by atoms with Crippen molar-refractivity contribution in [3.8, 4) is 0 Å². The van der Waals surface area contributed by atoms with E-state index in [1.54, 1.807) is 0 Å². The zero-order chi connectivity index (χ0) is 38.5. The van der Waals surface area contributed by atoms with Crippen molar-refractivity contribution in [1.29, 1.82) is 0 Å². The number of nitrogens with zero attached hydrogens (tertiary/aromatic N) is 1. The third-order valence-electron chi connectivity index (χ3n) is 8.98. The maximum absolute atomic E-state index is 12.5. The molecule has 8 heteroatoms. The number of rotatable bonds is 36. The number of esters is 2. The molecule has 300 valence electrons. The molecule has 0 amide bonds. The van der Waals surface area contributed by atoms with Crippen LogP contribution in [0.2, 0.25) is 0 Å². The molecule has 0 radical (unpaired) electrons. The van der Waals surface area contributed by atoms with Gasteiger partial charge in [0.25, 0.3) is 0 Å². The molecule has 0 aliphatic heterocycles. The summed E-state index contributed by atoms with van der Waals surface area (Å²) in [5.74, 6) is -1.54. The smallest absolute Gasteiger partial charge is 0.362 e. The maximum atomic E-state index is 12.5. The molecule has 0 aromatic carbocycles. The molecule has 0 aromatic heterocycles. The van der Waals surface area contributed by atoms with Gasteiger partial charge in [-0.3, -0.25) is 9.59 Å². The molecule has 0 rings (SSSR count). The molecule has 0 saturated carbocycles. The average molecular weight is 733 g/mol. The van der Waals surface area contributed by atoms with Crippen LogP contribution in [-0.2, 0) is 28.6 Å². The first-order valence-corrected chi connectivity index (χ1v) is 20.7. The van der Waals surface area contributed by atoms with E-state index in [-0.39, 0.29) is 42.7 Å². The lowest BCUT2D eigenvalue weighted by molar-refractivity contribution is -0.887. The minimum absolute atomic E-state index is 0.0442. The van der Waals surface area contributed by atoms with Gasteiger partial charge in [0.05, 0.1) is 34.4 Å². The van der Waals surface area contributed by atoms with E-state index in [1.807, 2.05) is 27.2 Å². The molecular formula is C44H78NO7+. The highest BCUT2D eigenvalue weighted by Gasteiger charge is 2.31. The molecular weight excluding hydrogens is 654 g/mol. The van der Waals surface area contributed by atoms with Crippen molar-refractivity contribution < 1.29 is 38.2 Å². The number of likely N-dealkylation sites (N-methyl/N-ethyl adjacent to an activating group) is 1. The van der Waals surface area contributed by atoms with Crippen molar-refractivity contribution in [1.82, 2.24) is 0 Å². The number of hydrogen-bond acceptors (Lipinski definition) is 6. The molecule has 0 aliphatic carbocycles. The quantitative estimate of drug-likeness (QED) is 0.0296. The van der Waals surface area contributed by atoms with E-state index in [4.69, 9.17) is 14.2 Å². The summed E-state index contributed by atoms with van der Waals surface area (Å²) in [5, 5.41) is 9.57. The van der Waals surface area contributed by atoms with E-state index < -0.39 is 18.1 Å². The number of carboxylic acids is 1. The first kappa shape index (κ1) is 49.3. The SMILES string of the molecule is CC/C=C/C/C=C/C/C=C/CCCCCCCCCCCCCC(=O)OCC(COCCC(C(=O)O)[N+](C)(C)C)OC(=O)CC/C=C/CCCCC. The third-order valence-corrected chi connectivity index (χ3v) is 8.98. The highest BCUT2D eigenvalue weighted by atomic mass is 16.6. The highest BCUT2D eigenvalue weighted by molar-refractivity contribution is 5.72. The van der Waals surface area contributed by atoms with Crippen molar-refractivity contribution >= 4 is 17.9 Å². The summed E-state index contributed by atoms with van der Waals surface area (Å²) in [7, 11) is 5.50. The lowest BCUT2D eigenvalue weighted by Gasteiger charge is -2.31. The molecule has 0 fully saturated rings. The summed E-state index contributed by atoms with van der Waals surface area (Å²) in [5.41, 5.74) is 0. The lowest BCUT2D eigenvalue weighted by Crippen LogP contribution is -2.50. The van der Waals surface area contributed by atoms with Gasteiger partial charge in [0.15, 0.2) is 12.1 Å². The summed E-state index contributed by atoms with van der Waals surface area (Å²) in [4.78, 5) is 36.7. The van der Waals surface area contributed by atoms with Gasteiger partial charge >= 0.3 is 17.9 Å². The summed E-state index contributed by atoms with van der Waals surface area (Å²) in [6.07, 6.45) is 40.5. The predicted molar refractivity (Wildman–Crippen MR) is 215 cm³/mol. The van der Waals surface area contributed by atoms with E-state index in [0.717, 1.165) is 51.4 Å². The Balaban J connectivity index is 4.19. The number of carbonyl (C=O) groups is 3. The molecule has 0 bridgehead atoms. The molecule has 0 saturated heterocycles. The van der Waals surface area contributed by atoms with Crippen LogP contribution in [0.5, 0.6) is 0 Å². The third kappa shape index (κ3) is 33.1. The summed E-state index contributed by atoms with van der Waals surface area (Å²) in [6, 6.07) is -0.618. The Kier molecular flexibility index (Phi) is 33.5. The number of hydrogen-bond donors (Lipinski definition) is 1. The summed E-state index contributed by atoms with van der Waals surface area (Å²) >= 11 is 0. The number of carbonyl (C=O) groups excluding carboxylic acids is 2. The normalized spacial score (nSPS) is 13.5. The van der Waals surface area contributed by atoms with Crippen LogP contribution < -0.4 is 0 Å². The van der Waals surface area contributed by atoms with Gasteiger partial charge in [-0.25, -0.2) is 4.79 Å². The van der Waals surface area contributed by atoms with Crippen LogP contribution in [0.25, 0.3) is 0 Å². The van der Waals surface area contributed by atoms with Crippen LogP contribution in [0.1, 0.15) is 162 Å². The Morgan fingerprint density at radius 1 is 0.596 bits per heavy atom. The van der Waals surface area contributed by atoms with Crippen molar-refractivity contribution in [2.45, 2.75) is 174 Å². The van der Waals surface area contributed by atoms with Gasteiger partial charge in [-0.2, -0.15) is 0 Å². The van der Waals surface area contributed by atoms with Crippen molar-refractivity contribution in [2.24, 2.45) is 0 Å². The standard InChI is InChI=1S/C44H77NO7/c1-6-8-10-12-14-15-16-17-18-19-20-21-22-23-24-25-26-27-29-30-32-34-42(46)51-39-40(38-50-37-36-41(44(48)49)45(3,4)5)52-43(47)35-33-31-28-13-11-9-7-2/h8,10,14-15,17-18,28,31,40-41H,6-7,9,11-13,16,19-27,29-30,32-39H2,1-5H3/p+1/b10-8+,15-14+,18-17+,31-28+. The minimum Gasteiger partial charge on any atom is -0.477 e. The monoisotopic (exact) mass is 733 g/mol. The van der Waals surface area contributed by atoms with Crippen molar-refractivity contribution in [2.75, 3.05) is 41.0 Å². The van der Waals surface area contributed by atoms with E-state index in [9.17, 15) is 19.5 Å². The Morgan fingerprint density at radius 3 is 1.69 bits per heavy atom. The largest absolute Gasteiger partial charge is 0.477 e. The van der Waals surface area contributed by atoms with Crippen molar-refractivity contribution in [3.63, 3.8) is 0 Å². The summed E-state index contributed by atoms with van der Waals surface area (Å²) < 4.78 is 17.1. The lowest BCUT2D eigenvalue weighted by atomic mass is 10.0. The molecule has 0 spiro atoms. The first-order chi connectivity index (χ1) is 25.1. The molecule has 0 aliphatic rings. The fourth-order valence-corrected chi connectivity index (χ4v) is 5.77. The molecule has 0 aromatic rings. The van der Waals surface area contributed by atoms with E-state index in [0.29, 0.717) is 19.3 Å². The zero-order valence-corrected chi connectivity index (χ0v) is 34.0. The van der Waals surface area contributed by atoms with Gasteiger partial charge in [0, 0.05) is 19.3 Å². The molecule has 1 N–H and O–H groups in total. The Morgan fingerprint density at radius 2 is 1.12 bits per heavy atom. The number of unbranched alkanes of at least 4 members (excludes halogenated alkanes) is 14. The van der Waals surface area contributed by atoms with E-state index >= 15 is 0 Å². The van der Waals surface area contributed by atoms with Crippen LogP contribution in [0.4, 0.5) is 0 Å². The van der Waals surface area contributed by atoms with Crippen LogP contribution in [0, 0.1) is 0 Å². The maximum Gasteiger partial charge on any atom is 0.362 e. The van der Waals surface area contributed by atoms with Gasteiger partial charge in [-0.05, 0) is 57.8 Å². The minimum atomic E-state index is -0.883. The topological polar surface area (TPSA) is 99.1 Å². The number of quaternary nitrogens is 1. The molecule has 2 atom stereocenters.